The first-order valence-corrected chi connectivity index (χ1v) is 20.9. The Hall–Kier alpha value is -2.32. The molecule has 0 fully saturated rings. The van der Waals surface area contributed by atoms with E-state index >= 15 is 0 Å². The standard InChI is InChI=1S/C21H25.C15H14.C5H5.2ClH.Hf/c1-20(2,3)16-9-7-14-11-15-8-10-17(21(4,5)6)13-19(15)18(14)12-16;1-3-8-14(9-4-1)12-7-13-15-10-5-2-6-11-15;1-2-4-5-3-1;;;/h7,9-10,12-13H,11H2,1-6H3;1-6,8-11H,12-13H2;1-3H,4H2;2*1H;/q;;;;;+2/p-2. The van der Waals surface area contributed by atoms with Crippen molar-refractivity contribution in [1.82, 2.24) is 0 Å². The molecule has 6 rings (SSSR count). The van der Waals surface area contributed by atoms with E-state index in [1.165, 1.54) is 38.9 Å². The Labute approximate surface area is 285 Å². The summed E-state index contributed by atoms with van der Waals surface area (Å²) in [5.41, 5.74) is 12.1. The summed E-state index contributed by atoms with van der Waals surface area (Å²) >= 11 is -2.76. The topological polar surface area (TPSA) is 0 Å². The molecule has 226 valence electrons. The molecule has 2 aliphatic rings. The minimum absolute atomic E-state index is 0. The molecule has 0 spiro atoms. The summed E-state index contributed by atoms with van der Waals surface area (Å²) in [5.74, 6) is 0. The molecular formula is C41H44Cl2Hf. The largest absolute Gasteiger partial charge is 1.00 e. The smallest absolute Gasteiger partial charge is 1.00 e. The van der Waals surface area contributed by atoms with Gasteiger partial charge in [-0.3, -0.25) is 0 Å². The van der Waals surface area contributed by atoms with Crippen LogP contribution in [0.25, 0.3) is 11.1 Å². The average Bonchev–Trinajstić information content (AvgIpc) is 3.61. The summed E-state index contributed by atoms with van der Waals surface area (Å²) < 4.78 is 5.26. The second-order valence-corrected chi connectivity index (χ2v) is 23.7. The van der Waals surface area contributed by atoms with Crippen molar-refractivity contribution >= 4 is 6.58 Å². The van der Waals surface area contributed by atoms with Crippen molar-refractivity contribution in [2.45, 2.75) is 78.1 Å². The molecule has 3 heteroatoms. The van der Waals surface area contributed by atoms with Crippen LogP contribution in [0.2, 0.25) is 0 Å². The fourth-order valence-electron chi connectivity index (χ4n) is 6.54. The Morgan fingerprint density at radius 2 is 1.23 bits per heavy atom. The molecule has 0 bridgehead atoms. The summed E-state index contributed by atoms with van der Waals surface area (Å²) in [7, 11) is 0. The van der Waals surface area contributed by atoms with Crippen molar-refractivity contribution in [3.63, 3.8) is 0 Å². The van der Waals surface area contributed by atoms with Gasteiger partial charge in [-0.2, -0.15) is 0 Å². The SMILES string of the molecule is CC(C)(C)c1ccc2c(c1)-c1cc(C(C)(C)C)c[c]([Hf+2]([C]3=CC=CC3)=[C](Cc3ccccc3)Cc3ccccc3)c1C2.[Cl-].[Cl-]. The normalized spacial score (nSPS) is 13.2. The van der Waals surface area contributed by atoms with Crippen molar-refractivity contribution in [3.05, 3.63) is 146 Å². The summed E-state index contributed by atoms with van der Waals surface area (Å²) in [5, 5.41) is 0. The zero-order valence-corrected chi connectivity index (χ0v) is 32.1. The zero-order chi connectivity index (χ0) is 29.5. The first-order valence-electron chi connectivity index (χ1n) is 15.6. The van der Waals surface area contributed by atoms with E-state index in [0.29, 0.717) is 0 Å². The predicted molar refractivity (Wildman–Crippen MR) is 179 cm³/mol. The first-order chi connectivity index (χ1) is 20.1. The third-order valence-corrected chi connectivity index (χ3v) is 20.0. The van der Waals surface area contributed by atoms with E-state index in [4.69, 9.17) is 0 Å². The van der Waals surface area contributed by atoms with Crippen LogP contribution in [-0.2, 0) is 51.0 Å². The van der Waals surface area contributed by atoms with Crippen LogP contribution in [0.15, 0.2) is 113 Å². The summed E-state index contributed by atoms with van der Waals surface area (Å²) in [4.78, 5) is 0. The fourth-order valence-corrected chi connectivity index (χ4v) is 18.6. The van der Waals surface area contributed by atoms with Gasteiger partial charge in [-0.05, 0) is 0 Å². The fraction of sp³-hybridized carbons (Fsp3) is 0.293. The van der Waals surface area contributed by atoms with Crippen LogP contribution in [0, 0.1) is 0 Å². The van der Waals surface area contributed by atoms with E-state index in [2.05, 4.69) is 151 Å². The Kier molecular flexibility index (Phi) is 11.0. The van der Waals surface area contributed by atoms with Crippen molar-refractivity contribution < 1.29 is 45.8 Å². The molecule has 2 aliphatic carbocycles. The van der Waals surface area contributed by atoms with Gasteiger partial charge in [0.05, 0.1) is 0 Å². The maximum absolute atomic E-state index is 2.76. The molecule has 0 saturated heterocycles. The number of benzene rings is 4. The number of rotatable bonds is 6. The van der Waals surface area contributed by atoms with Crippen LogP contribution in [0.3, 0.4) is 0 Å². The number of hydrogen-bond donors (Lipinski definition) is 0. The second kappa shape index (κ2) is 14.0. The number of hydrogen-bond acceptors (Lipinski definition) is 0. The predicted octanol–water partition coefficient (Wildman–Crippen LogP) is 3.61. The van der Waals surface area contributed by atoms with E-state index < -0.39 is 21.0 Å². The molecule has 0 radical (unpaired) electrons. The monoisotopic (exact) mass is 786 g/mol. The van der Waals surface area contributed by atoms with E-state index in [-0.39, 0.29) is 35.6 Å². The van der Waals surface area contributed by atoms with Gasteiger partial charge in [-0.25, -0.2) is 0 Å². The molecule has 4 aromatic carbocycles. The summed E-state index contributed by atoms with van der Waals surface area (Å²) in [6, 6.07) is 35.0. The molecule has 44 heavy (non-hydrogen) atoms. The van der Waals surface area contributed by atoms with Crippen LogP contribution < -0.4 is 28.1 Å². The van der Waals surface area contributed by atoms with Gasteiger partial charge in [-0.1, -0.05) is 0 Å². The molecule has 0 amide bonds. The van der Waals surface area contributed by atoms with E-state index in [9.17, 15) is 0 Å². The molecule has 0 nitrogen and oxygen atoms in total. The van der Waals surface area contributed by atoms with Crippen LogP contribution in [0.5, 0.6) is 0 Å². The van der Waals surface area contributed by atoms with Gasteiger partial charge in [0.1, 0.15) is 0 Å². The minimum atomic E-state index is -2.76. The molecule has 0 N–H and O–H groups in total. The van der Waals surface area contributed by atoms with Crippen molar-refractivity contribution in [1.29, 1.82) is 0 Å². The minimum Gasteiger partial charge on any atom is -1.00 e. The molecule has 0 unspecified atom stereocenters. The molecule has 0 heterocycles. The van der Waals surface area contributed by atoms with Crippen molar-refractivity contribution in [2.24, 2.45) is 0 Å². The zero-order valence-electron chi connectivity index (χ0n) is 27.0. The Morgan fingerprint density at radius 1 is 0.659 bits per heavy atom. The Morgan fingerprint density at radius 3 is 1.75 bits per heavy atom. The summed E-state index contributed by atoms with van der Waals surface area (Å²) in [6.45, 7) is 14.2. The van der Waals surface area contributed by atoms with Crippen LogP contribution in [0.1, 0.15) is 81.3 Å². The van der Waals surface area contributed by atoms with E-state index in [1.807, 2.05) is 0 Å². The van der Waals surface area contributed by atoms with Gasteiger partial charge in [-0.15, -0.1) is 0 Å². The third-order valence-electron chi connectivity index (χ3n) is 8.99. The van der Waals surface area contributed by atoms with Gasteiger partial charge >= 0.3 is 263 Å². The molecule has 0 aromatic heterocycles. The molecule has 4 aromatic rings. The first kappa shape index (κ1) is 34.6. The molecule has 0 aliphatic heterocycles. The maximum atomic E-state index is 2.67. The van der Waals surface area contributed by atoms with Gasteiger partial charge in [0.25, 0.3) is 0 Å². The van der Waals surface area contributed by atoms with Gasteiger partial charge in [0, 0.05) is 0 Å². The van der Waals surface area contributed by atoms with Crippen molar-refractivity contribution in [2.75, 3.05) is 0 Å². The van der Waals surface area contributed by atoms with Crippen LogP contribution >= 0.6 is 0 Å². The van der Waals surface area contributed by atoms with Gasteiger partial charge in [0.15, 0.2) is 0 Å². The third kappa shape index (κ3) is 7.38. The second-order valence-electron chi connectivity index (χ2n) is 14.2. The Balaban J connectivity index is 0.00000221. The number of halogens is 2. The summed E-state index contributed by atoms with van der Waals surface area (Å²) in [6.07, 6.45) is 11.5. The maximum Gasteiger partial charge on any atom is -1.00 e. The van der Waals surface area contributed by atoms with Crippen LogP contribution in [0.4, 0.5) is 0 Å². The van der Waals surface area contributed by atoms with Gasteiger partial charge < -0.3 is 24.8 Å². The molecule has 0 atom stereocenters. The Bertz CT molecular complexity index is 1670. The quantitative estimate of drug-likeness (QED) is 0.231. The molecular weight excluding hydrogens is 742 g/mol. The van der Waals surface area contributed by atoms with E-state index in [1.54, 1.807) is 15.5 Å². The number of allylic oxidation sites excluding steroid dienone is 4. The average molecular weight is 786 g/mol. The van der Waals surface area contributed by atoms with E-state index in [0.717, 1.165) is 25.7 Å². The van der Waals surface area contributed by atoms with Crippen LogP contribution in [-0.4, -0.2) is 3.26 Å². The van der Waals surface area contributed by atoms with Gasteiger partial charge in [0.2, 0.25) is 0 Å². The van der Waals surface area contributed by atoms with Crippen molar-refractivity contribution in [3.8, 4) is 11.1 Å². The molecule has 0 saturated carbocycles. The number of fused-ring (bicyclic) bond motifs is 3.